The lowest BCUT2D eigenvalue weighted by Crippen LogP contribution is -2.49. The monoisotopic (exact) mass is 486 g/mol. The highest BCUT2D eigenvalue weighted by atomic mass is 32.2. The second-order valence-electron chi connectivity index (χ2n) is 8.45. The van der Waals surface area contributed by atoms with Crippen molar-refractivity contribution in [2.45, 2.75) is 57.3 Å². The van der Waals surface area contributed by atoms with E-state index < -0.39 is 51.6 Å². The van der Waals surface area contributed by atoms with Crippen LogP contribution in [-0.2, 0) is 30.8 Å². The number of carbonyl (C=O) groups excluding carboxylic acids is 2. The molecule has 2 aromatic rings. The fraction of sp³-hybridized carbons (Fsp3) is 0.450. The van der Waals surface area contributed by atoms with E-state index in [0.717, 1.165) is 4.31 Å². The zero-order chi connectivity index (χ0) is 24.7. The highest BCUT2D eigenvalue weighted by molar-refractivity contribution is 7.92. The van der Waals surface area contributed by atoms with Gasteiger partial charge in [-0.2, -0.15) is 13.9 Å². The van der Waals surface area contributed by atoms with Crippen LogP contribution in [0.5, 0.6) is 5.75 Å². The van der Waals surface area contributed by atoms with Gasteiger partial charge in [-0.1, -0.05) is 6.07 Å². The van der Waals surface area contributed by atoms with Crippen molar-refractivity contribution < 1.29 is 36.3 Å². The zero-order valence-corrected chi connectivity index (χ0v) is 19.2. The molecule has 10 nitrogen and oxygen atoms in total. The van der Waals surface area contributed by atoms with Crippen LogP contribution in [0.4, 0.5) is 14.5 Å². The predicted octanol–water partition coefficient (Wildman–Crippen LogP) is 1.91. The minimum absolute atomic E-state index is 0.0257. The standard InChI is InChI=1S/C20H24F2N4O6S/c1-11-16(10-25(24-11)19(21)22)33(29,30)26-9-15(18(23)28)31-14-6-5-12(7-13(14)26)8-17(27)32-20(2,3)4/h5-7,10,15,19H,8-9H2,1-4H3,(H2,23,28)/t15-/m1/s1. The molecule has 2 N–H and O–H groups in total. The molecule has 3 rings (SSSR count). The second kappa shape index (κ2) is 8.61. The number of nitrogens with zero attached hydrogens (tertiary/aromatic N) is 3. The summed E-state index contributed by atoms with van der Waals surface area (Å²) >= 11 is 0. The Kier molecular flexibility index (Phi) is 6.37. The molecule has 180 valence electrons. The van der Waals surface area contributed by atoms with Gasteiger partial charge in [-0.25, -0.2) is 13.1 Å². The maximum Gasteiger partial charge on any atom is 0.333 e. The minimum Gasteiger partial charge on any atom is -0.476 e. The Hall–Kier alpha value is -3.22. The van der Waals surface area contributed by atoms with Crippen LogP contribution in [-0.4, -0.2) is 48.3 Å². The van der Waals surface area contributed by atoms with Gasteiger partial charge >= 0.3 is 12.5 Å². The molecular weight excluding hydrogens is 462 g/mol. The molecule has 1 aromatic carbocycles. The number of primary amides is 1. The number of hydrogen-bond donors (Lipinski definition) is 1. The van der Waals surface area contributed by atoms with E-state index in [1.807, 2.05) is 0 Å². The Morgan fingerprint density at radius 3 is 2.55 bits per heavy atom. The molecule has 1 atom stereocenters. The van der Waals surface area contributed by atoms with Gasteiger partial charge in [0.1, 0.15) is 16.2 Å². The van der Waals surface area contributed by atoms with Gasteiger partial charge in [-0.05, 0) is 45.4 Å². The number of esters is 1. The molecule has 0 unspecified atom stereocenters. The predicted molar refractivity (Wildman–Crippen MR) is 112 cm³/mol. The van der Waals surface area contributed by atoms with E-state index in [2.05, 4.69) is 5.10 Å². The van der Waals surface area contributed by atoms with Crippen LogP contribution in [0.15, 0.2) is 29.3 Å². The van der Waals surface area contributed by atoms with Crippen molar-refractivity contribution in [1.29, 1.82) is 0 Å². The Morgan fingerprint density at radius 2 is 2.00 bits per heavy atom. The molecule has 1 aromatic heterocycles. The minimum atomic E-state index is -4.45. The molecule has 0 spiro atoms. The van der Waals surface area contributed by atoms with Gasteiger partial charge in [-0.15, -0.1) is 0 Å². The quantitative estimate of drug-likeness (QED) is 0.617. The molecule has 33 heavy (non-hydrogen) atoms. The van der Waals surface area contributed by atoms with Crippen LogP contribution < -0.4 is 14.8 Å². The van der Waals surface area contributed by atoms with Crippen LogP contribution in [0, 0.1) is 6.92 Å². The van der Waals surface area contributed by atoms with Gasteiger partial charge < -0.3 is 15.2 Å². The maximum atomic E-state index is 13.4. The van der Waals surface area contributed by atoms with Crippen LogP contribution >= 0.6 is 0 Å². The summed E-state index contributed by atoms with van der Waals surface area (Å²) in [5, 5.41) is 3.55. The number of fused-ring (bicyclic) bond motifs is 1. The first-order chi connectivity index (χ1) is 15.2. The fourth-order valence-electron chi connectivity index (χ4n) is 3.26. The van der Waals surface area contributed by atoms with Gasteiger partial charge in [0.15, 0.2) is 6.10 Å². The number of sulfonamides is 1. The molecule has 0 saturated heterocycles. The molecule has 1 aliphatic heterocycles. The van der Waals surface area contributed by atoms with Gasteiger partial charge in [0.25, 0.3) is 15.9 Å². The third-order valence-corrected chi connectivity index (χ3v) is 6.50. The lowest BCUT2D eigenvalue weighted by Gasteiger charge is -2.34. The third-order valence-electron chi connectivity index (χ3n) is 4.62. The van der Waals surface area contributed by atoms with Crippen molar-refractivity contribution in [2.75, 3.05) is 10.8 Å². The average molecular weight is 486 g/mol. The molecular formula is C20H24F2N4O6S. The van der Waals surface area contributed by atoms with E-state index in [9.17, 15) is 26.8 Å². The third kappa shape index (κ3) is 5.24. The van der Waals surface area contributed by atoms with E-state index in [4.69, 9.17) is 15.2 Å². The van der Waals surface area contributed by atoms with E-state index in [1.165, 1.54) is 25.1 Å². The van der Waals surface area contributed by atoms with Crippen molar-refractivity contribution >= 4 is 27.6 Å². The highest BCUT2D eigenvalue weighted by Gasteiger charge is 2.39. The second-order valence-corrected chi connectivity index (χ2v) is 10.3. The number of ether oxygens (including phenoxy) is 2. The summed E-state index contributed by atoms with van der Waals surface area (Å²) in [7, 11) is -4.45. The molecule has 13 heteroatoms. The maximum absolute atomic E-state index is 13.4. The van der Waals surface area contributed by atoms with Crippen LogP contribution in [0.2, 0.25) is 0 Å². The number of aryl methyl sites for hydroxylation is 1. The number of nitrogens with two attached hydrogens (primary N) is 1. The van der Waals surface area contributed by atoms with Gasteiger partial charge in [0, 0.05) is 0 Å². The molecule has 0 fully saturated rings. The average Bonchev–Trinajstić information content (AvgIpc) is 3.08. The number of amides is 1. The first-order valence-electron chi connectivity index (χ1n) is 9.86. The van der Waals surface area contributed by atoms with Crippen LogP contribution in [0.3, 0.4) is 0 Å². The largest absolute Gasteiger partial charge is 0.476 e. The number of alkyl halides is 2. The highest BCUT2D eigenvalue weighted by Crippen LogP contribution is 2.38. The summed E-state index contributed by atoms with van der Waals surface area (Å²) in [6.45, 7) is 2.89. The SMILES string of the molecule is Cc1nn(C(F)F)cc1S(=O)(=O)N1C[C@H](C(N)=O)Oc2ccc(CC(=O)OC(C)(C)C)cc21. The molecule has 0 radical (unpaired) electrons. The first-order valence-corrected chi connectivity index (χ1v) is 11.3. The molecule has 0 bridgehead atoms. The first kappa shape index (κ1) is 24.4. The van der Waals surface area contributed by atoms with E-state index >= 15 is 0 Å². The summed E-state index contributed by atoms with van der Waals surface area (Å²) in [6.07, 6.45) is -0.747. The van der Waals surface area contributed by atoms with Crippen molar-refractivity contribution in [2.24, 2.45) is 5.73 Å². The summed E-state index contributed by atoms with van der Waals surface area (Å²) < 4.78 is 64.9. The van der Waals surface area contributed by atoms with Gasteiger partial charge in [0.2, 0.25) is 0 Å². The van der Waals surface area contributed by atoms with Crippen LogP contribution in [0.1, 0.15) is 38.6 Å². The van der Waals surface area contributed by atoms with E-state index in [0.29, 0.717) is 11.8 Å². The normalized spacial score (nSPS) is 16.3. The zero-order valence-electron chi connectivity index (χ0n) is 18.4. The van der Waals surface area contributed by atoms with Crippen molar-refractivity contribution in [3.8, 4) is 5.75 Å². The fourth-order valence-corrected chi connectivity index (χ4v) is 4.89. The number of anilines is 1. The van der Waals surface area contributed by atoms with Crippen LogP contribution in [0.25, 0.3) is 0 Å². The topological polar surface area (TPSA) is 134 Å². The molecule has 2 heterocycles. The Balaban J connectivity index is 2.05. The Labute approximate surface area is 189 Å². The van der Waals surface area contributed by atoms with Crippen molar-refractivity contribution in [3.05, 3.63) is 35.7 Å². The van der Waals surface area contributed by atoms with Gasteiger partial charge in [0.05, 0.1) is 30.5 Å². The van der Waals surface area contributed by atoms with Gasteiger partial charge in [-0.3, -0.25) is 13.9 Å². The van der Waals surface area contributed by atoms with E-state index in [1.54, 1.807) is 20.8 Å². The summed E-state index contributed by atoms with van der Waals surface area (Å²) in [5.74, 6) is -1.41. The summed E-state index contributed by atoms with van der Waals surface area (Å²) in [6, 6.07) is 4.33. The Bertz CT molecular complexity index is 1190. The lowest BCUT2D eigenvalue weighted by atomic mass is 10.1. The molecule has 1 aliphatic rings. The Morgan fingerprint density at radius 1 is 1.33 bits per heavy atom. The lowest BCUT2D eigenvalue weighted by molar-refractivity contribution is -0.153. The molecule has 0 saturated carbocycles. The number of halogens is 2. The van der Waals surface area contributed by atoms with E-state index in [-0.39, 0.29) is 28.2 Å². The number of benzene rings is 1. The molecule has 0 aliphatic carbocycles. The number of hydrogen-bond acceptors (Lipinski definition) is 7. The number of carbonyl (C=O) groups is 2. The summed E-state index contributed by atoms with van der Waals surface area (Å²) in [5.41, 5.74) is 4.92. The number of aromatic nitrogens is 2. The van der Waals surface area contributed by atoms with Crippen molar-refractivity contribution in [1.82, 2.24) is 9.78 Å². The summed E-state index contributed by atoms with van der Waals surface area (Å²) in [4.78, 5) is 23.5. The number of rotatable bonds is 6. The molecule has 1 amide bonds. The smallest absolute Gasteiger partial charge is 0.333 e. The van der Waals surface area contributed by atoms with Crippen molar-refractivity contribution in [3.63, 3.8) is 0 Å².